The van der Waals surface area contributed by atoms with Crippen molar-refractivity contribution in [3.63, 3.8) is 0 Å². The van der Waals surface area contributed by atoms with E-state index in [4.69, 9.17) is 0 Å². The number of anilines is 2. The van der Waals surface area contributed by atoms with Crippen LogP contribution >= 0.6 is 0 Å². The van der Waals surface area contributed by atoms with Gasteiger partial charge >= 0.3 is 0 Å². The predicted octanol–water partition coefficient (Wildman–Crippen LogP) is 1.61. The molecule has 1 aromatic carbocycles. The summed E-state index contributed by atoms with van der Waals surface area (Å²) < 4.78 is 28.7. The van der Waals surface area contributed by atoms with Crippen LogP contribution in [0.1, 0.15) is 24.5 Å². The number of carbonyl (C=O) groups excluding carboxylic acids is 1. The number of amides is 1. The van der Waals surface area contributed by atoms with Crippen LogP contribution in [0.4, 0.5) is 11.5 Å². The van der Waals surface area contributed by atoms with Gasteiger partial charge in [-0.15, -0.1) is 0 Å². The van der Waals surface area contributed by atoms with Crippen molar-refractivity contribution in [1.29, 1.82) is 0 Å². The van der Waals surface area contributed by atoms with Crippen LogP contribution in [0.25, 0.3) is 0 Å². The number of benzene rings is 1. The lowest BCUT2D eigenvalue weighted by Crippen LogP contribution is -2.45. The highest BCUT2D eigenvalue weighted by molar-refractivity contribution is 7.89. The Bertz CT molecular complexity index is 1060. The normalized spacial score (nSPS) is 17.5. The number of fused-ring (bicyclic) bond motifs is 1. The lowest BCUT2D eigenvalue weighted by Gasteiger charge is -2.34. The SMILES string of the molecule is CC(=O)N1CCCc2cc(S(=O)(=O)NCc3cccnc3N3CCN(C)CC3)ccc21. The second-order valence-corrected chi connectivity index (χ2v) is 9.93. The van der Waals surface area contributed by atoms with E-state index in [9.17, 15) is 13.2 Å². The van der Waals surface area contributed by atoms with Gasteiger partial charge in [0.2, 0.25) is 15.9 Å². The van der Waals surface area contributed by atoms with Crippen molar-refractivity contribution in [3.8, 4) is 0 Å². The molecule has 3 heterocycles. The third-order valence-electron chi connectivity index (χ3n) is 5.98. The topological polar surface area (TPSA) is 85.8 Å². The third kappa shape index (κ3) is 4.73. The van der Waals surface area contributed by atoms with Crippen LogP contribution in [-0.2, 0) is 27.8 Å². The first-order chi connectivity index (χ1) is 14.8. The Hall–Kier alpha value is -2.49. The number of nitrogens with zero attached hydrogens (tertiary/aromatic N) is 4. The maximum Gasteiger partial charge on any atom is 0.240 e. The van der Waals surface area contributed by atoms with Gasteiger partial charge in [-0.25, -0.2) is 18.1 Å². The van der Waals surface area contributed by atoms with Crippen molar-refractivity contribution < 1.29 is 13.2 Å². The summed E-state index contributed by atoms with van der Waals surface area (Å²) in [6.07, 6.45) is 3.34. The smallest absolute Gasteiger partial charge is 0.240 e. The maximum atomic E-state index is 13.0. The van der Waals surface area contributed by atoms with Crippen LogP contribution in [-0.4, -0.2) is 64.0 Å². The lowest BCUT2D eigenvalue weighted by atomic mass is 10.0. The monoisotopic (exact) mass is 443 g/mol. The highest BCUT2D eigenvalue weighted by atomic mass is 32.2. The molecule has 0 saturated carbocycles. The first-order valence-corrected chi connectivity index (χ1v) is 12.1. The van der Waals surface area contributed by atoms with Crippen LogP contribution in [0, 0.1) is 0 Å². The number of aromatic nitrogens is 1. The molecular weight excluding hydrogens is 414 g/mol. The standard InChI is InChI=1S/C22H29N5O3S/c1-17(28)27-10-4-6-18-15-20(7-8-21(18)27)31(29,30)24-16-19-5-3-9-23-22(19)26-13-11-25(2)12-14-26/h3,5,7-9,15,24H,4,6,10-14,16H2,1-2H3. The molecule has 166 valence electrons. The molecule has 1 aromatic heterocycles. The Morgan fingerprint density at radius 2 is 1.90 bits per heavy atom. The number of rotatable bonds is 5. The summed E-state index contributed by atoms with van der Waals surface area (Å²) in [6, 6.07) is 8.76. The molecule has 0 spiro atoms. The Morgan fingerprint density at radius 3 is 2.65 bits per heavy atom. The van der Waals surface area contributed by atoms with Crippen molar-refractivity contribution in [2.24, 2.45) is 0 Å². The molecule has 2 aromatic rings. The van der Waals surface area contributed by atoms with Gasteiger partial charge in [0.25, 0.3) is 0 Å². The van der Waals surface area contributed by atoms with E-state index in [-0.39, 0.29) is 17.3 Å². The molecule has 0 atom stereocenters. The number of nitrogens with one attached hydrogen (secondary N) is 1. The number of hydrogen-bond donors (Lipinski definition) is 1. The minimum Gasteiger partial charge on any atom is -0.354 e. The van der Waals surface area contributed by atoms with Gasteiger partial charge in [0.15, 0.2) is 0 Å². The van der Waals surface area contributed by atoms with Crippen molar-refractivity contribution in [2.45, 2.75) is 31.2 Å². The second-order valence-electron chi connectivity index (χ2n) is 8.17. The molecule has 2 aliphatic rings. The molecule has 0 aliphatic carbocycles. The van der Waals surface area contributed by atoms with Gasteiger partial charge in [-0.3, -0.25) is 4.79 Å². The average molecular weight is 444 g/mol. The molecular formula is C22H29N5O3S. The lowest BCUT2D eigenvalue weighted by molar-refractivity contribution is -0.116. The molecule has 2 aliphatic heterocycles. The molecule has 31 heavy (non-hydrogen) atoms. The zero-order valence-electron chi connectivity index (χ0n) is 18.0. The zero-order chi connectivity index (χ0) is 22.0. The molecule has 9 heteroatoms. The van der Waals surface area contributed by atoms with E-state index in [0.717, 1.165) is 61.7 Å². The van der Waals surface area contributed by atoms with Crippen molar-refractivity contribution in [1.82, 2.24) is 14.6 Å². The zero-order valence-corrected chi connectivity index (χ0v) is 18.9. The summed E-state index contributed by atoms with van der Waals surface area (Å²) in [5.74, 6) is 0.809. The fourth-order valence-electron chi connectivity index (χ4n) is 4.20. The molecule has 4 rings (SSSR count). The van der Waals surface area contributed by atoms with Crippen LogP contribution in [0.5, 0.6) is 0 Å². The summed E-state index contributed by atoms with van der Waals surface area (Å²) in [7, 11) is -1.60. The number of likely N-dealkylation sites (N-methyl/N-ethyl adjacent to an activating group) is 1. The largest absolute Gasteiger partial charge is 0.354 e. The quantitative estimate of drug-likeness (QED) is 0.756. The van der Waals surface area contributed by atoms with Gasteiger partial charge in [0.1, 0.15) is 5.82 Å². The maximum absolute atomic E-state index is 13.0. The number of pyridine rings is 1. The molecule has 8 nitrogen and oxygen atoms in total. The highest BCUT2D eigenvalue weighted by Gasteiger charge is 2.24. The van der Waals surface area contributed by atoms with Crippen molar-refractivity contribution >= 4 is 27.4 Å². The van der Waals surface area contributed by atoms with Gasteiger partial charge in [-0.1, -0.05) is 6.07 Å². The number of carbonyl (C=O) groups is 1. The van der Waals surface area contributed by atoms with Crippen LogP contribution < -0.4 is 14.5 Å². The van der Waals surface area contributed by atoms with Gasteiger partial charge < -0.3 is 14.7 Å². The Morgan fingerprint density at radius 1 is 1.13 bits per heavy atom. The molecule has 0 radical (unpaired) electrons. The summed E-state index contributed by atoms with van der Waals surface area (Å²) in [6.45, 7) is 6.02. The molecule has 1 N–H and O–H groups in total. The van der Waals surface area contributed by atoms with Crippen LogP contribution in [0.2, 0.25) is 0 Å². The Kier molecular flexibility index (Phi) is 6.27. The number of sulfonamides is 1. The van der Waals surface area contributed by atoms with E-state index < -0.39 is 10.0 Å². The highest BCUT2D eigenvalue weighted by Crippen LogP contribution is 2.29. The first-order valence-electron chi connectivity index (χ1n) is 10.6. The summed E-state index contributed by atoms with van der Waals surface area (Å²) in [5, 5.41) is 0. The molecule has 0 bridgehead atoms. The van der Waals surface area contributed by atoms with E-state index in [2.05, 4.69) is 26.6 Å². The van der Waals surface area contributed by atoms with Gasteiger partial charge in [0, 0.05) is 63.6 Å². The predicted molar refractivity (Wildman–Crippen MR) is 121 cm³/mol. The fourth-order valence-corrected chi connectivity index (χ4v) is 5.25. The van der Waals surface area contributed by atoms with E-state index in [1.54, 1.807) is 29.3 Å². The third-order valence-corrected chi connectivity index (χ3v) is 7.38. The van der Waals surface area contributed by atoms with Crippen LogP contribution in [0.15, 0.2) is 41.4 Å². The summed E-state index contributed by atoms with van der Waals surface area (Å²) >= 11 is 0. The molecule has 1 fully saturated rings. The number of piperazine rings is 1. The Balaban J connectivity index is 1.51. The van der Waals surface area contributed by atoms with Gasteiger partial charge in [-0.05, 0) is 49.7 Å². The number of aryl methyl sites for hydroxylation is 1. The minimum atomic E-state index is -3.69. The summed E-state index contributed by atoms with van der Waals surface area (Å²) in [5.41, 5.74) is 2.56. The summed E-state index contributed by atoms with van der Waals surface area (Å²) in [4.78, 5) is 22.8. The molecule has 1 saturated heterocycles. The van der Waals surface area contributed by atoms with E-state index in [1.807, 2.05) is 12.1 Å². The number of hydrogen-bond acceptors (Lipinski definition) is 6. The second kappa shape index (κ2) is 8.94. The first kappa shape index (κ1) is 21.7. The van der Waals surface area contributed by atoms with E-state index in [0.29, 0.717) is 6.54 Å². The molecule has 0 unspecified atom stereocenters. The van der Waals surface area contributed by atoms with Crippen molar-refractivity contribution in [2.75, 3.05) is 49.6 Å². The van der Waals surface area contributed by atoms with Crippen molar-refractivity contribution in [3.05, 3.63) is 47.7 Å². The van der Waals surface area contributed by atoms with E-state index in [1.165, 1.54) is 6.92 Å². The van der Waals surface area contributed by atoms with Crippen LogP contribution in [0.3, 0.4) is 0 Å². The fraction of sp³-hybridized carbons (Fsp3) is 0.455. The average Bonchev–Trinajstić information content (AvgIpc) is 2.77. The minimum absolute atomic E-state index is 0.0253. The Labute approximate surface area is 183 Å². The van der Waals surface area contributed by atoms with E-state index >= 15 is 0 Å². The van der Waals surface area contributed by atoms with Gasteiger partial charge in [0.05, 0.1) is 4.90 Å². The van der Waals surface area contributed by atoms with Gasteiger partial charge in [-0.2, -0.15) is 0 Å². The molecule has 1 amide bonds.